The summed E-state index contributed by atoms with van der Waals surface area (Å²) < 4.78 is 0. The fourth-order valence-electron chi connectivity index (χ4n) is 1.55. The maximum Gasteiger partial charge on any atom is 0.185 e. The zero-order valence-electron chi connectivity index (χ0n) is 9.74. The molecule has 0 aliphatic carbocycles. The maximum atomic E-state index is 11.7. The van der Waals surface area contributed by atoms with Crippen LogP contribution in [0.2, 0.25) is 0 Å². The van der Waals surface area contributed by atoms with Gasteiger partial charge in [-0.25, -0.2) is 0 Å². The van der Waals surface area contributed by atoms with Crippen molar-refractivity contribution >= 4 is 11.6 Å². The van der Waals surface area contributed by atoms with Gasteiger partial charge in [-0.2, -0.15) is 0 Å². The van der Waals surface area contributed by atoms with E-state index in [1.54, 1.807) is 48.5 Å². The molecule has 2 rings (SSSR count). The summed E-state index contributed by atoms with van der Waals surface area (Å²) in [7, 11) is 0. The van der Waals surface area contributed by atoms with Gasteiger partial charge in [0.2, 0.25) is 0 Å². The van der Waals surface area contributed by atoms with Crippen molar-refractivity contribution in [3.8, 4) is 0 Å². The van der Waals surface area contributed by atoms with E-state index in [4.69, 9.17) is 0 Å². The third kappa shape index (κ3) is 3.01. The number of carbonyl (C=O) groups excluding carboxylic acids is 2. The molecule has 0 aliphatic rings. The van der Waals surface area contributed by atoms with Crippen molar-refractivity contribution in [1.82, 2.24) is 0 Å². The van der Waals surface area contributed by atoms with Gasteiger partial charge in [0.15, 0.2) is 11.6 Å². The summed E-state index contributed by atoms with van der Waals surface area (Å²) in [6, 6.07) is 17.7. The molecule has 0 saturated heterocycles. The van der Waals surface area contributed by atoms with Crippen molar-refractivity contribution in [3.05, 3.63) is 83.9 Å². The van der Waals surface area contributed by atoms with Crippen LogP contribution in [-0.4, -0.2) is 11.6 Å². The Morgan fingerprint density at radius 2 is 0.944 bits per heavy atom. The topological polar surface area (TPSA) is 34.1 Å². The SMILES string of the molecule is O=C(C=CC(=O)c1ccccc1)c1ccccc1. The van der Waals surface area contributed by atoms with Crippen LogP contribution in [0.5, 0.6) is 0 Å². The molecular weight excluding hydrogens is 224 g/mol. The predicted molar refractivity (Wildman–Crippen MR) is 70.7 cm³/mol. The molecule has 2 heteroatoms. The summed E-state index contributed by atoms with van der Waals surface area (Å²) in [5.41, 5.74) is 1.16. The Hall–Kier alpha value is -2.48. The van der Waals surface area contributed by atoms with Gasteiger partial charge in [0.25, 0.3) is 0 Å². The number of rotatable bonds is 4. The molecule has 0 N–H and O–H groups in total. The Morgan fingerprint density at radius 1 is 0.611 bits per heavy atom. The first-order valence-electron chi connectivity index (χ1n) is 5.64. The number of carbonyl (C=O) groups is 2. The second-order valence-corrected chi connectivity index (χ2v) is 3.79. The van der Waals surface area contributed by atoms with E-state index in [0.717, 1.165) is 0 Å². The summed E-state index contributed by atoms with van der Waals surface area (Å²) in [4.78, 5) is 23.5. The molecule has 0 aliphatic heterocycles. The highest BCUT2D eigenvalue weighted by Gasteiger charge is 2.03. The van der Waals surface area contributed by atoms with Crippen molar-refractivity contribution in [1.29, 1.82) is 0 Å². The molecule has 0 fully saturated rings. The summed E-state index contributed by atoms with van der Waals surface area (Å²) >= 11 is 0. The maximum absolute atomic E-state index is 11.7. The first-order chi connectivity index (χ1) is 8.77. The Morgan fingerprint density at radius 3 is 1.28 bits per heavy atom. The van der Waals surface area contributed by atoms with E-state index in [9.17, 15) is 9.59 Å². The fraction of sp³-hybridized carbons (Fsp3) is 0. The predicted octanol–water partition coefficient (Wildman–Crippen LogP) is 3.31. The molecule has 0 atom stereocenters. The molecular formula is C16H12O2. The lowest BCUT2D eigenvalue weighted by molar-refractivity contribution is 0.102. The number of hydrogen-bond donors (Lipinski definition) is 0. The summed E-state index contributed by atoms with van der Waals surface area (Å²) in [6.45, 7) is 0. The number of ketones is 2. The molecule has 0 bridgehead atoms. The first kappa shape index (κ1) is 12.0. The minimum atomic E-state index is -0.167. The van der Waals surface area contributed by atoms with Gasteiger partial charge in [0, 0.05) is 11.1 Å². The third-order valence-electron chi connectivity index (χ3n) is 2.50. The second kappa shape index (κ2) is 5.73. The molecule has 0 spiro atoms. The zero-order chi connectivity index (χ0) is 12.8. The molecule has 2 nitrogen and oxygen atoms in total. The van der Waals surface area contributed by atoms with Crippen LogP contribution >= 0.6 is 0 Å². The average molecular weight is 236 g/mol. The van der Waals surface area contributed by atoms with Crippen molar-refractivity contribution in [3.63, 3.8) is 0 Å². The van der Waals surface area contributed by atoms with Crippen LogP contribution in [0.15, 0.2) is 72.8 Å². The molecule has 0 radical (unpaired) electrons. The van der Waals surface area contributed by atoms with Gasteiger partial charge in [0.1, 0.15) is 0 Å². The zero-order valence-corrected chi connectivity index (χ0v) is 9.74. The third-order valence-corrected chi connectivity index (χ3v) is 2.50. The summed E-state index contributed by atoms with van der Waals surface area (Å²) in [5, 5.41) is 0. The molecule has 88 valence electrons. The number of allylic oxidation sites excluding steroid dienone is 2. The van der Waals surface area contributed by atoms with Gasteiger partial charge in [0.05, 0.1) is 0 Å². The van der Waals surface area contributed by atoms with Gasteiger partial charge < -0.3 is 0 Å². The van der Waals surface area contributed by atoms with Gasteiger partial charge in [-0.3, -0.25) is 9.59 Å². The quantitative estimate of drug-likeness (QED) is 0.603. The molecule has 0 heterocycles. The average Bonchev–Trinajstić information content (AvgIpc) is 2.46. The lowest BCUT2D eigenvalue weighted by atomic mass is 10.1. The number of benzene rings is 2. The monoisotopic (exact) mass is 236 g/mol. The van der Waals surface area contributed by atoms with Gasteiger partial charge in [-0.1, -0.05) is 60.7 Å². The minimum absolute atomic E-state index is 0.167. The molecule has 0 unspecified atom stereocenters. The molecule has 2 aromatic carbocycles. The van der Waals surface area contributed by atoms with Crippen LogP contribution in [0.3, 0.4) is 0 Å². The van der Waals surface area contributed by atoms with Crippen molar-refractivity contribution in [2.24, 2.45) is 0 Å². The highest BCUT2D eigenvalue weighted by Crippen LogP contribution is 2.04. The van der Waals surface area contributed by atoms with Crippen LogP contribution in [0, 0.1) is 0 Å². The highest BCUT2D eigenvalue weighted by atomic mass is 16.1. The summed E-state index contributed by atoms with van der Waals surface area (Å²) in [6.07, 6.45) is 2.62. The lowest BCUT2D eigenvalue weighted by Crippen LogP contribution is -1.97. The van der Waals surface area contributed by atoms with E-state index in [2.05, 4.69) is 0 Å². The van der Waals surface area contributed by atoms with Gasteiger partial charge >= 0.3 is 0 Å². The fourth-order valence-corrected chi connectivity index (χ4v) is 1.55. The Balaban J connectivity index is 2.08. The van der Waals surface area contributed by atoms with Crippen LogP contribution < -0.4 is 0 Å². The van der Waals surface area contributed by atoms with E-state index in [1.807, 2.05) is 12.1 Å². The van der Waals surface area contributed by atoms with E-state index < -0.39 is 0 Å². The Labute approximate surface area is 106 Å². The second-order valence-electron chi connectivity index (χ2n) is 3.79. The molecule has 0 aromatic heterocycles. The highest BCUT2D eigenvalue weighted by molar-refractivity contribution is 6.11. The minimum Gasteiger partial charge on any atom is -0.289 e. The van der Waals surface area contributed by atoms with Crippen molar-refractivity contribution in [2.75, 3.05) is 0 Å². The Bertz CT molecular complexity index is 515. The first-order valence-corrected chi connectivity index (χ1v) is 5.64. The standard InChI is InChI=1S/C16H12O2/c17-15(13-7-3-1-4-8-13)11-12-16(18)14-9-5-2-6-10-14/h1-12H. The largest absolute Gasteiger partial charge is 0.289 e. The van der Waals surface area contributed by atoms with Crippen molar-refractivity contribution in [2.45, 2.75) is 0 Å². The van der Waals surface area contributed by atoms with E-state index in [1.165, 1.54) is 12.2 Å². The van der Waals surface area contributed by atoms with Crippen LogP contribution in [0.25, 0.3) is 0 Å². The van der Waals surface area contributed by atoms with E-state index in [-0.39, 0.29) is 11.6 Å². The van der Waals surface area contributed by atoms with Crippen molar-refractivity contribution < 1.29 is 9.59 Å². The molecule has 18 heavy (non-hydrogen) atoms. The van der Waals surface area contributed by atoms with Crippen LogP contribution in [0.4, 0.5) is 0 Å². The molecule has 0 amide bonds. The van der Waals surface area contributed by atoms with Crippen LogP contribution in [0.1, 0.15) is 20.7 Å². The molecule has 0 saturated carbocycles. The Kier molecular flexibility index (Phi) is 3.82. The van der Waals surface area contributed by atoms with E-state index >= 15 is 0 Å². The normalized spacial score (nSPS) is 10.4. The van der Waals surface area contributed by atoms with Gasteiger partial charge in [-0.05, 0) is 12.2 Å². The van der Waals surface area contributed by atoms with E-state index in [0.29, 0.717) is 11.1 Å². The lowest BCUT2D eigenvalue weighted by Gasteiger charge is -1.95. The molecule has 2 aromatic rings. The smallest absolute Gasteiger partial charge is 0.185 e. The summed E-state index contributed by atoms with van der Waals surface area (Å²) in [5.74, 6) is -0.334. The number of hydrogen-bond acceptors (Lipinski definition) is 2. The van der Waals surface area contributed by atoms with Gasteiger partial charge in [-0.15, -0.1) is 0 Å². The van der Waals surface area contributed by atoms with Crippen LogP contribution in [-0.2, 0) is 0 Å².